The van der Waals surface area contributed by atoms with Gasteiger partial charge in [0.05, 0.1) is 11.5 Å². The minimum absolute atomic E-state index is 0.0219. The maximum Gasteiger partial charge on any atom is 0.302 e. The number of benzene rings is 1. The number of hydrogen-bond acceptors (Lipinski definition) is 5. The normalized spacial score (nSPS) is 28.4. The summed E-state index contributed by atoms with van der Waals surface area (Å²) in [6, 6.07) is 6.68. The van der Waals surface area contributed by atoms with Crippen LogP contribution in [-0.4, -0.2) is 27.1 Å². The molecule has 28 heavy (non-hydrogen) atoms. The van der Waals surface area contributed by atoms with E-state index >= 15 is 0 Å². The predicted octanol–water partition coefficient (Wildman–Crippen LogP) is 4.40. The van der Waals surface area contributed by atoms with Gasteiger partial charge in [0.2, 0.25) is 0 Å². The molecular weight excluding hydrogens is 376 g/mol. The minimum Gasteiger partial charge on any atom is -0.462 e. The second-order valence-electron chi connectivity index (χ2n) is 8.41. The Hall–Kier alpha value is -1.66. The van der Waals surface area contributed by atoms with Crippen LogP contribution in [0.3, 0.4) is 0 Å². The highest BCUT2D eigenvalue weighted by atomic mass is 32.2. The quantitative estimate of drug-likeness (QED) is 0.398. The zero-order valence-electron chi connectivity index (χ0n) is 17.1. The fourth-order valence-electron chi connectivity index (χ4n) is 4.90. The Balaban J connectivity index is 1.68. The van der Waals surface area contributed by atoms with E-state index in [1.165, 1.54) is 12.5 Å². The summed E-state index contributed by atoms with van der Waals surface area (Å²) in [7, 11) is -3.77. The number of aryl methyl sites for hydroxylation is 1. The van der Waals surface area contributed by atoms with Crippen LogP contribution in [0.1, 0.15) is 52.0 Å². The lowest BCUT2D eigenvalue weighted by atomic mass is 9.63. The first-order chi connectivity index (χ1) is 13.1. The van der Waals surface area contributed by atoms with Gasteiger partial charge in [0.1, 0.15) is 6.10 Å². The molecule has 0 aromatic heterocycles. The summed E-state index contributed by atoms with van der Waals surface area (Å²) < 4.78 is 36.0. The molecule has 4 atom stereocenters. The van der Waals surface area contributed by atoms with E-state index in [0.717, 1.165) is 31.2 Å². The third kappa shape index (κ3) is 4.18. The van der Waals surface area contributed by atoms with Gasteiger partial charge in [0.25, 0.3) is 10.1 Å². The molecular formula is C22H30O5S. The van der Waals surface area contributed by atoms with Crippen LogP contribution in [0.5, 0.6) is 0 Å². The van der Waals surface area contributed by atoms with E-state index in [4.69, 9.17) is 8.92 Å². The summed E-state index contributed by atoms with van der Waals surface area (Å²) in [5.74, 6) is 0.00544. The molecule has 0 amide bonds. The molecule has 0 N–H and O–H groups in total. The summed E-state index contributed by atoms with van der Waals surface area (Å²) in [6.07, 6.45) is 5.92. The molecule has 1 fully saturated rings. The predicted molar refractivity (Wildman–Crippen MR) is 107 cm³/mol. The molecule has 154 valence electrons. The molecule has 0 heterocycles. The SMILES string of the molecule is CC(=O)O[C@H]1CCC[C@]2(C)C([C@@H](C)COS(=O)(=O)c3ccc(C)cc3)=CCC12. The zero-order chi connectivity index (χ0) is 20.5. The molecule has 0 spiro atoms. The first kappa shape index (κ1) is 21.1. The number of fused-ring (bicyclic) bond motifs is 1. The Morgan fingerprint density at radius 1 is 1.29 bits per heavy atom. The van der Waals surface area contributed by atoms with Crippen molar-refractivity contribution in [3.8, 4) is 0 Å². The van der Waals surface area contributed by atoms with Crippen molar-refractivity contribution in [1.82, 2.24) is 0 Å². The molecule has 0 bridgehead atoms. The number of carbonyl (C=O) groups is 1. The number of allylic oxidation sites excluding steroid dienone is 1. The molecule has 2 aliphatic rings. The molecule has 1 aromatic rings. The van der Waals surface area contributed by atoms with Crippen LogP contribution >= 0.6 is 0 Å². The van der Waals surface area contributed by atoms with Crippen LogP contribution in [0.4, 0.5) is 0 Å². The van der Waals surface area contributed by atoms with Crippen LogP contribution in [0.2, 0.25) is 0 Å². The Labute approximate surface area is 168 Å². The standard InChI is InChI=1S/C22H30O5S/c1-15-7-9-18(10-8-15)28(24,25)26-14-16(2)19-11-12-20-21(27-17(3)23)6-5-13-22(19,20)4/h7-11,16,20-21H,5-6,12-14H2,1-4H3/t16-,20?,21-,22+/m0/s1. The van der Waals surface area contributed by atoms with E-state index in [2.05, 4.69) is 13.0 Å². The number of ether oxygens (including phenoxy) is 1. The summed E-state index contributed by atoms with van der Waals surface area (Å²) in [5, 5.41) is 0. The number of carbonyl (C=O) groups excluding carboxylic acids is 1. The van der Waals surface area contributed by atoms with Crippen LogP contribution in [0, 0.1) is 24.2 Å². The molecule has 3 rings (SSSR count). The van der Waals surface area contributed by atoms with Crippen LogP contribution < -0.4 is 0 Å². The van der Waals surface area contributed by atoms with Crippen molar-refractivity contribution in [3.05, 3.63) is 41.5 Å². The van der Waals surface area contributed by atoms with Gasteiger partial charge in [-0.25, -0.2) is 0 Å². The van der Waals surface area contributed by atoms with Crippen molar-refractivity contribution in [2.45, 2.75) is 64.4 Å². The molecule has 2 aliphatic carbocycles. The van der Waals surface area contributed by atoms with Gasteiger partial charge in [0.15, 0.2) is 0 Å². The van der Waals surface area contributed by atoms with Crippen molar-refractivity contribution < 1.29 is 22.1 Å². The Morgan fingerprint density at radius 2 is 1.96 bits per heavy atom. The Kier molecular flexibility index (Phi) is 6.01. The van der Waals surface area contributed by atoms with Crippen LogP contribution in [0.25, 0.3) is 0 Å². The number of rotatable bonds is 6. The van der Waals surface area contributed by atoms with E-state index < -0.39 is 10.1 Å². The fourth-order valence-corrected chi connectivity index (χ4v) is 5.89. The second kappa shape index (κ2) is 7.99. The highest BCUT2D eigenvalue weighted by Gasteiger charge is 2.49. The van der Waals surface area contributed by atoms with E-state index in [0.29, 0.717) is 0 Å². The maximum absolute atomic E-state index is 12.5. The van der Waals surface area contributed by atoms with Gasteiger partial charge in [-0.2, -0.15) is 8.42 Å². The first-order valence-corrected chi connectivity index (χ1v) is 11.4. The van der Waals surface area contributed by atoms with Gasteiger partial charge in [-0.3, -0.25) is 8.98 Å². The molecule has 1 unspecified atom stereocenters. The molecule has 6 heteroatoms. The van der Waals surface area contributed by atoms with Gasteiger partial charge in [-0.15, -0.1) is 0 Å². The average Bonchev–Trinajstić information content (AvgIpc) is 2.98. The van der Waals surface area contributed by atoms with E-state index in [9.17, 15) is 13.2 Å². The van der Waals surface area contributed by atoms with Crippen molar-refractivity contribution in [3.63, 3.8) is 0 Å². The molecule has 0 aliphatic heterocycles. The smallest absolute Gasteiger partial charge is 0.302 e. The minimum atomic E-state index is -3.77. The van der Waals surface area contributed by atoms with E-state index in [-0.39, 0.29) is 40.8 Å². The van der Waals surface area contributed by atoms with Crippen molar-refractivity contribution in [1.29, 1.82) is 0 Å². The summed E-state index contributed by atoms with van der Waals surface area (Å²) >= 11 is 0. The lowest BCUT2D eigenvalue weighted by Gasteiger charge is -2.44. The van der Waals surface area contributed by atoms with Crippen molar-refractivity contribution in [2.75, 3.05) is 6.61 Å². The average molecular weight is 407 g/mol. The molecule has 0 saturated heterocycles. The lowest BCUT2D eigenvalue weighted by Crippen LogP contribution is -2.41. The van der Waals surface area contributed by atoms with Gasteiger partial charge in [0, 0.05) is 18.8 Å². The van der Waals surface area contributed by atoms with Gasteiger partial charge >= 0.3 is 5.97 Å². The van der Waals surface area contributed by atoms with E-state index in [1.54, 1.807) is 24.3 Å². The van der Waals surface area contributed by atoms with Crippen molar-refractivity contribution >= 4 is 16.1 Å². The molecule has 0 radical (unpaired) electrons. The van der Waals surface area contributed by atoms with Gasteiger partial charge < -0.3 is 4.74 Å². The monoisotopic (exact) mass is 406 g/mol. The third-order valence-corrected chi connectivity index (χ3v) is 7.63. The van der Waals surface area contributed by atoms with Gasteiger partial charge in [-0.1, -0.05) is 43.2 Å². The maximum atomic E-state index is 12.5. The first-order valence-electron chi connectivity index (χ1n) is 9.97. The third-order valence-electron chi connectivity index (χ3n) is 6.33. The Bertz CT molecular complexity index is 855. The van der Waals surface area contributed by atoms with E-state index in [1.807, 2.05) is 13.8 Å². The number of esters is 1. The molecule has 1 saturated carbocycles. The largest absolute Gasteiger partial charge is 0.462 e. The highest BCUT2D eigenvalue weighted by molar-refractivity contribution is 7.86. The van der Waals surface area contributed by atoms with Gasteiger partial charge in [-0.05, 0) is 50.2 Å². The fraction of sp³-hybridized carbons (Fsp3) is 0.591. The number of hydrogen-bond donors (Lipinski definition) is 0. The van der Waals surface area contributed by atoms with Crippen LogP contribution in [0.15, 0.2) is 40.8 Å². The second-order valence-corrected chi connectivity index (χ2v) is 10.0. The zero-order valence-corrected chi connectivity index (χ0v) is 17.9. The lowest BCUT2D eigenvalue weighted by molar-refractivity contribution is -0.153. The highest BCUT2D eigenvalue weighted by Crippen LogP contribution is 2.55. The molecule has 1 aromatic carbocycles. The topological polar surface area (TPSA) is 69.7 Å². The summed E-state index contributed by atoms with van der Waals surface area (Å²) in [6.45, 7) is 7.72. The molecule has 5 nitrogen and oxygen atoms in total. The Morgan fingerprint density at radius 3 is 2.61 bits per heavy atom. The van der Waals surface area contributed by atoms with Crippen molar-refractivity contribution in [2.24, 2.45) is 17.3 Å². The summed E-state index contributed by atoms with van der Waals surface area (Å²) in [5.41, 5.74) is 2.16. The summed E-state index contributed by atoms with van der Waals surface area (Å²) in [4.78, 5) is 11.6. The van der Waals surface area contributed by atoms with Crippen LogP contribution in [-0.2, 0) is 23.8 Å².